The average molecular weight is 393 g/mol. The van der Waals surface area contributed by atoms with Crippen molar-refractivity contribution in [2.45, 2.75) is 37.1 Å². The minimum atomic E-state index is -3.66. The van der Waals surface area contributed by atoms with Gasteiger partial charge in [-0.1, -0.05) is 12.8 Å². The molecule has 0 bridgehead atoms. The minimum Gasteiger partial charge on any atom is -0.379 e. The molecule has 0 radical (unpaired) electrons. The predicted molar refractivity (Wildman–Crippen MR) is 105 cm³/mol. The zero-order valence-electron chi connectivity index (χ0n) is 15.4. The Kier molecular flexibility index (Phi) is 6.28. The molecule has 0 saturated carbocycles. The number of anilines is 2. The lowest BCUT2D eigenvalue weighted by molar-refractivity contribution is 0.584. The fraction of sp³-hybridized carbons (Fsp3) is 0.421. The Morgan fingerprint density at radius 2 is 1.85 bits per heavy atom. The molecule has 1 aromatic carbocycles. The number of benzene rings is 1. The van der Waals surface area contributed by atoms with Crippen molar-refractivity contribution in [3.8, 4) is 0 Å². The summed E-state index contributed by atoms with van der Waals surface area (Å²) in [6, 6.07) is 7.76. The molecule has 2 aromatic rings. The highest BCUT2D eigenvalue weighted by Gasteiger charge is 2.14. The Bertz CT molecular complexity index is 881. The van der Waals surface area contributed by atoms with Gasteiger partial charge in [-0.05, 0) is 55.8 Å². The van der Waals surface area contributed by atoms with E-state index in [1.165, 1.54) is 44.9 Å². The molecule has 1 fully saturated rings. The minimum absolute atomic E-state index is 0.0968. The van der Waals surface area contributed by atoms with Gasteiger partial charge in [0.25, 0.3) is 0 Å². The average Bonchev–Trinajstić information content (AvgIpc) is 2.97. The van der Waals surface area contributed by atoms with Crippen LogP contribution in [0.5, 0.6) is 0 Å². The zero-order chi connectivity index (χ0) is 19.3. The number of halogens is 1. The summed E-state index contributed by atoms with van der Waals surface area (Å²) in [5.74, 6) is 0.347. The van der Waals surface area contributed by atoms with Crippen LogP contribution in [0.2, 0.25) is 0 Å². The Morgan fingerprint density at radius 1 is 1.11 bits per heavy atom. The highest BCUT2D eigenvalue weighted by Crippen LogP contribution is 2.21. The Hall–Kier alpha value is -2.19. The Balaban J connectivity index is 1.69. The summed E-state index contributed by atoms with van der Waals surface area (Å²) in [6.45, 7) is 2.46. The van der Waals surface area contributed by atoms with E-state index in [1.54, 1.807) is 6.20 Å². The fourth-order valence-corrected chi connectivity index (χ4v) is 3.91. The molecular formula is C19H25FN4O2S. The predicted octanol–water partition coefficient (Wildman–Crippen LogP) is 3.12. The molecule has 1 aliphatic rings. The molecule has 0 atom stereocenters. The maximum Gasteiger partial charge on any atom is 0.240 e. The van der Waals surface area contributed by atoms with Crippen LogP contribution in [-0.2, 0) is 16.6 Å². The van der Waals surface area contributed by atoms with Crippen LogP contribution in [-0.4, -0.2) is 33.5 Å². The normalized spacial score (nSPS) is 15.4. The summed E-state index contributed by atoms with van der Waals surface area (Å²) in [5, 5.41) is 3.03. The van der Waals surface area contributed by atoms with Gasteiger partial charge in [-0.2, -0.15) is 0 Å². The van der Waals surface area contributed by atoms with Crippen molar-refractivity contribution in [1.82, 2.24) is 9.71 Å². The zero-order valence-corrected chi connectivity index (χ0v) is 16.2. The number of sulfonamides is 1. The van der Waals surface area contributed by atoms with Crippen molar-refractivity contribution in [2.24, 2.45) is 0 Å². The fourth-order valence-electron chi connectivity index (χ4n) is 3.16. The molecule has 146 valence electrons. The highest BCUT2D eigenvalue weighted by atomic mass is 32.2. The molecule has 1 saturated heterocycles. The number of hydrogen-bond acceptors (Lipinski definition) is 5. The summed E-state index contributed by atoms with van der Waals surface area (Å²) >= 11 is 0. The first-order valence-corrected chi connectivity index (χ1v) is 10.6. The van der Waals surface area contributed by atoms with Crippen LogP contribution in [0.1, 0.15) is 31.2 Å². The second-order valence-corrected chi connectivity index (χ2v) is 8.51. The highest BCUT2D eigenvalue weighted by molar-refractivity contribution is 7.89. The molecule has 2 heterocycles. The number of nitrogens with one attached hydrogen (secondary N) is 2. The van der Waals surface area contributed by atoms with Gasteiger partial charge in [0.15, 0.2) is 0 Å². The first-order chi connectivity index (χ1) is 13.0. The van der Waals surface area contributed by atoms with Crippen molar-refractivity contribution in [2.75, 3.05) is 30.4 Å². The molecule has 0 aliphatic carbocycles. The van der Waals surface area contributed by atoms with Crippen LogP contribution in [0.15, 0.2) is 41.4 Å². The summed E-state index contributed by atoms with van der Waals surface area (Å²) in [5.41, 5.74) is 1.26. The second-order valence-electron chi connectivity index (χ2n) is 6.63. The second kappa shape index (κ2) is 8.67. The van der Waals surface area contributed by atoms with Crippen LogP contribution in [0.3, 0.4) is 0 Å². The molecule has 0 unspecified atom stereocenters. The molecule has 6 nitrogen and oxygen atoms in total. The number of pyridine rings is 1. The van der Waals surface area contributed by atoms with Gasteiger partial charge in [-0.25, -0.2) is 22.5 Å². The van der Waals surface area contributed by atoms with E-state index >= 15 is 0 Å². The van der Waals surface area contributed by atoms with Gasteiger partial charge in [0.05, 0.1) is 10.6 Å². The lowest BCUT2D eigenvalue weighted by atomic mass is 10.2. The molecular weight excluding hydrogens is 367 g/mol. The number of hydrogen-bond donors (Lipinski definition) is 2. The van der Waals surface area contributed by atoms with E-state index in [4.69, 9.17) is 0 Å². The van der Waals surface area contributed by atoms with E-state index in [9.17, 15) is 12.8 Å². The largest absolute Gasteiger partial charge is 0.379 e. The Labute approximate surface area is 159 Å². The lowest BCUT2D eigenvalue weighted by Gasteiger charge is -2.22. The van der Waals surface area contributed by atoms with Crippen LogP contribution in [0.4, 0.5) is 15.9 Å². The van der Waals surface area contributed by atoms with Crippen molar-refractivity contribution in [3.63, 3.8) is 0 Å². The van der Waals surface area contributed by atoms with E-state index in [2.05, 4.69) is 19.9 Å². The van der Waals surface area contributed by atoms with Crippen molar-refractivity contribution < 1.29 is 12.8 Å². The van der Waals surface area contributed by atoms with Crippen LogP contribution < -0.4 is 14.9 Å². The Morgan fingerprint density at radius 3 is 2.52 bits per heavy atom. The maximum atomic E-state index is 14.3. The monoisotopic (exact) mass is 392 g/mol. The summed E-state index contributed by atoms with van der Waals surface area (Å²) in [4.78, 5) is 6.68. The van der Waals surface area contributed by atoms with Gasteiger partial charge in [0, 0.05) is 25.8 Å². The quantitative estimate of drug-likeness (QED) is 0.790. The summed E-state index contributed by atoms with van der Waals surface area (Å²) in [6.07, 6.45) is 6.65. The summed E-state index contributed by atoms with van der Waals surface area (Å²) < 4.78 is 39.9. The lowest BCUT2D eigenvalue weighted by Crippen LogP contribution is -2.25. The number of rotatable bonds is 6. The van der Waals surface area contributed by atoms with Gasteiger partial charge >= 0.3 is 0 Å². The van der Waals surface area contributed by atoms with E-state index in [1.807, 2.05) is 12.1 Å². The standard InChI is InChI=1S/C19H25FN4O2S/c1-21-27(25,26)16-6-7-18(17(20)13-16)23-14-15-8-9-22-19(12-15)24-10-4-2-3-5-11-24/h6-9,12-13,21,23H,2-5,10-11,14H2,1H3. The maximum absolute atomic E-state index is 14.3. The molecule has 27 heavy (non-hydrogen) atoms. The van der Waals surface area contributed by atoms with Gasteiger partial charge in [0.2, 0.25) is 10.0 Å². The smallest absolute Gasteiger partial charge is 0.240 e. The molecule has 0 spiro atoms. The first-order valence-electron chi connectivity index (χ1n) is 9.16. The molecule has 2 N–H and O–H groups in total. The van der Waals surface area contributed by atoms with Crippen LogP contribution in [0.25, 0.3) is 0 Å². The van der Waals surface area contributed by atoms with Crippen molar-refractivity contribution >= 4 is 21.5 Å². The van der Waals surface area contributed by atoms with Crippen molar-refractivity contribution in [1.29, 1.82) is 0 Å². The summed E-state index contributed by atoms with van der Waals surface area (Å²) in [7, 11) is -2.36. The van der Waals surface area contributed by atoms with E-state index < -0.39 is 15.8 Å². The third-order valence-electron chi connectivity index (χ3n) is 4.74. The van der Waals surface area contributed by atoms with E-state index in [-0.39, 0.29) is 10.6 Å². The SMILES string of the molecule is CNS(=O)(=O)c1ccc(NCc2ccnc(N3CCCCCC3)c2)c(F)c1. The van der Waals surface area contributed by atoms with Gasteiger partial charge in [-0.3, -0.25) is 0 Å². The molecule has 1 aliphatic heterocycles. The van der Waals surface area contributed by atoms with Crippen molar-refractivity contribution in [3.05, 3.63) is 47.9 Å². The third-order valence-corrected chi connectivity index (χ3v) is 6.15. The topological polar surface area (TPSA) is 74.3 Å². The molecule has 8 heteroatoms. The van der Waals surface area contributed by atoms with E-state index in [0.29, 0.717) is 6.54 Å². The third kappa shape index (κ3) is 4.95. The van der Waals surface area contributed by atoms with Gasteiger partial charge in [-0.15, -0.1) is 0 Å². The molecule has 3 rings (SSSR count). The van der Waals surface area contributed by atoms with Crippen LogP contribution in [0, 0.1) is 5.82 Å². The molecule has 1 aromatic heterocycles. The van der Waals surface area contributed by atoms with Gasteiger partial charge < -0.3 is 10.2 Å². The van der Waals surface area contributed by atoms with E-state index in [0.717, 1.165) is 30.5 Å². The van der Waals surface area contributed by atoms with Crippen LogP contribution >= 0.6 is 0 Å². The molecule has 0 amide bonds. The number of aromatic nitrogens is 1. The van der Waals surface area contributed by atoms with Gasteiger partial charge in [0.1, 0.15) is 11.6 Å². The first kappa shape index (κ1) is 19.6. The number of nitrogens with zero attached hydrogens (tertiary/aromatic N) is 2.